The van der Waals surface area contributed by atoms with E-state index in [1.54, 1.807) is 36.4 Å². The zero-order valence-corrected chi connectivity index (χ0v) is 12.1. The predicted octanol–water partition coefficient (Wildman–Crippen LogP) is 3.12. The highest BCUT2D eigenvalue weighted by Crippen LogP contribution is 2.21. The minimum Gasteiger partial charge on any atom is -0.481 e. The van der Waals surface area contributed by atoms with Crippen molar-refractivity contribution >= 4 is 26.9 Å². The number of allylic oxidation sites excluding steroid dienone is 1. The molecule has 0 atom stereocenters. The fourth-order valence-electron chi connectivity index (χ4n) is 1.65. The largest absolute Gasteiger partial charge is 0.481 e. The zero-order valence-electron chi connectivity index (χ0n) is 11.3. The Bertz CT molecular complexity index is 729. The Kier molecular flexibility index (Phi) is 6.08. The first-order valence-corrected chi connectivity index (χ1v) is 7.58. The van der Waals surface area contributed by atoms with Crippen LogP contribution in [0, 0.1) is 0 Å². The van der Waals surface area contributed by atoms with Crippen LogP contribution in [0.5, 0.6) is 0 Å². The van der Waals surface area contributed by atoms with Gasteiger partial charge < -0.3 is 5.11 Å². The van der Waals surface area contributed by atoms with E-state index in [2.05, 4.69) is 6.58 Å². The van der Waals surface area contributed by atoms with E-state index in [1.807, 2.05) is 6.07 Å². The summed E-state index contributed by atoms with van der Waals surface area (Å²) in [5, 5.41) is 9.33. The van der Waals surface area contributed by atoms with Crippen LogP contribution < -0.4 is 0 Å². The van der Waals surface area contributed by atoms with Gasteiger partial charge in [0.05, 0.1) is 0 Å². The molecule has 0 aromatic heterocycles. The maximum atomic E-state index is 11.0. The zero-order chi connectivity index (χ0) is 15.9. The van der Waals surface area contributed by atoms with E-state index in [0.29, 0.717) is 11.8 Å². The van der Waals surface area contributed by atoms with Gasteiger partial charge >= 0.3 is 5.97 Å². The molecule has 0 heterocycles. The molecule has 2 aromatic rings. The monoisotopic (exact) mass is 308 g/mol. The fourth-order valence-corrected chi connectivity index (χ4v) is 2.36. The SMILES string of the molecule is C=CCCC(=O)O.O=S(=O)(O)c1cccc2ccccc12. The third-order valence-corrected chi connectivity index (χ3v) is 3.50. The quantitative estimate of drug-likeness (QED) is 0.669. The molecule has 0 bridgehead atoms. The predicted molar refractivity (Wildman–Crippen MR) is 80.8 cm³/mol. The third-order valence-electron chi connectivity index (χ3n) is 2.59. The summed E-state index contributed by atoms with van der Waals surface area (Å²) < 4.78 is 31.0. The van der Waals surface area contributed by atoms with Crippen LogP contribution in [-0.2, 0) is 14.9 Å². The average molecular weight is 308 g/mol. The van der Waals surface area contributed by atoms with Gasteiger partial charge in [-0.25, -0.2) is 0 Å². The number of hydrogen-bond donors (Lipinski definition) is 2. The van der Waals surface area contributed by atoms with Crippen LogP contribution in [-0.4, -0.2) is 24.0 Å². The van der Waals surface area contributed by atoms with E-state index in [1.165, 1.54) is 6.07 Å². The summed E-state index contributed by atoms with van der Waals surface area (Å²) >= 11 is 0. The first-order chi connectivity index (χ1) is 9.86. The first kappa shape index (κ1) is 16.9. The number of benzene rings is 2. The van der Waals surface area contributed by atoms with Crippen LogP contribution in [0.3, 0.4) is 0 Å². The van der Waals surface area contributed by atoms with Gasteiger partial charge in [-0.3, -0.25) is 9.35 Å². The third kappa shape index (κ3) is 5.37. The van der Waals surface area contributed by atoms with E-state index in [0.717, 1.165) is 5.39 Å². The maximum absolute atomic E-state index is 11.0. The number of carboxylic acids is 1. The minimum atomic E-state index is -4.13. The van der Waals surface area contributed by atoms with Crippen molar-refractivity contribution in [2.24, 2.45) is 0 Å². The molecule has 0 saturated heterocycles. The highest BCUT2D eigenvalue weighted by Gasteiger charge is 2.12. The van der Waals surface area contributed by atoms with E-state index in [4.69, 9.17) is 9.66 Å². The Balaban J connectivity index is 0.000000270. The van der Waals surface area contributed by atoms with Crippen molar-refractivity contribution in [3.63, 3.8) is 0 Å². The van der Waals surface area contributed by atoms with Crippen LogP contribution in [0.4, 0.5) is 0 Å². The summed E-state index contributed by atoms with van der Waals surface area (Å²) in [5.74, 6) is -0.764. The number of rotatable bonds is 4. The van der Waals surface area contributed by atoms with Gasteiger partial charge in [0, 0.05) is 11.8 Å². The number of aliphatic carboxylic acids is 1. The second-order valence-electron chi connectivity index (χ2n) is 4.17. The Hall–Kier alpha value is -2.18. The highest BCUT2D eigenvalue weighted by atomic mass is 32.2. The van der Waals surface area contributed by atoms with Crippen LogP contribution in [0.15, 0.2) is 60.0 Å². The van der Waals surface area contributed by atoms with E-state index in [9.17, 15) is 13.2 Å². The van der Waals surface area contributed by atoms with Gasteiger partial charge in [0.15, 0.2) is 0 Å². The summed E-state index contributed by atoms with van der Waals surface area (Å²) in [6.07, 6.45) is 2.35. The van der Waals surface area contributed by atoms with E-state index < -0.39 is 16.1 Å². The van der Waals surface area contributed by atoms with Crippen LogP contribution in [0.2, 0.25) is 0 Å². The Morgan fingerprint density at radius 1 is 1.14 bits per heavy atom. The topological polar surface area (TPSA) is 91.7 Å². The lowest BCUT2D eigenvalue weighted by Gasteiger charge is -2.02. The Morgan fingerprint density at radius 3 is 2.29 bits per heavy atom. The fraction of sp³-hybridized carbons (Fsp3) is 0.133. The molecule has 2 N–H and O–H groups in total. The lowest BCUT2D eigenvalue weighted by atomic mass is 10.1. The number of fused-ring (bicyclic) bond motifs is 1. The molecule has 2 aromatic carbocycles. The molecule has 0 unspecified atom stereocenters. The number of hydrogen-bond acceptors (Lipinski definition) is 3. The summed E-state index contributed by atoms with van der Waals surface area (Å²) in [6.45, 7) is 3.37. The molecule has 0 aliphatic heterocycles. The normalized spacial score (nSPS) is 10.5. The lowest BCUT2D eigenvalue weighted by molar-refractivity contribution is -0.136. The molecular weight excluding hydrogens is 292 g/mol. The Labute approximate surface area is 123 Å². The van der Waals surface area contributed by atoms with Crippen LogP contribution in [0.1, 0.15) is 12.8 Å². The van der Waals surface area contributed by atoms with Crippen molar-refractivity contribution < 1.29 is 22.9 Å². The van der Waals surface area contributed by atoms with Crippen molar-refractivity contribution in [3.8, 4) is 0 Å². The molecule has 5 nitrogen and oxygen atoms in total. The van der Waals surface area contributed by atoms with Crippen molar-refractivity contribution in [1.29, 1.82) is 0 Å². The second kappa shape index (κ2) is 7.56. The smallest absolute Gasteiger partial charge is 0.303 e. The van der Waals surface area contributed by atoms with Gasteiger partial charge in [-0.05, 0) is 17.9 Å². The molecule has 0 aliphatic carbocycles. The molecule has 0 saturated carbocycles. The molecule has 0 amide bonds. The van der Waals surface area contributed by atoms with Crippen molar-refractivity contribution in [3.05, 3.63) is 55.1 Å². The molecule has 112 valence electrons. The van der Waals surface area contributed by atoms with E-state index in [-0.39, 0.29) is 11.3 Å². The molecule has 2 rings (SSSR count). The van der Waals surface area contributed by atoms with Crippen molar-refractivity contribution in [2.45, 2.75) is 17.7 Å². The molecule has 0 fully saturated rings. The minimum absolute atomic E-state index is 0.0457. The summed E-state index contributed by atoms with van der Waals surface area (Å²) in [7, 11) is -4.13. The number of carboxylic acid groups (broad SMARTS) is 1. The molecule has 21 heavy (non-hydrogen) atoms. The molecule has 0 aliphatic rings. The van der Waals surface area contributed by atoms with Gasteiger partial charge in [0.25, 0.3) is 10.1 Å². The van der Waals surface area contributed by atoms with Gasteiger partial charge in [-0.1, -0.05) is 42.5 Å². The van der Waals surface area contributed by atoms with Crippen molar-refractivity contribution in [2.75, 3.05) is 0 Å². The van der Waals surface area contributed by atoms with Crippen LogP contribution >= 0.6 is 0 Å². The van der Waals surface area contributed by atoms with Crippen molar-refractivity contribution in [1.82, 2.24) is 0 Å². The van der Waals surface area contributed by atoms with Crippen LogP contribution in [0.25, 0.3) is 10.8 Å². The molecule has 0 spiro atoms. The van der Waals surface area contributed by atoms with Gasteiger partial charge in [0.1, 0.15) is 4.90 Å². The summed E-state index contributed by atoms with van der Waals surface area (Å²) in [4.78, 5) is 9.66. The number of carbonyl (C=O) groups is 1. The Morgan fingerprint density at radius 2 is 1.76 bits per heavy atom. The molecule has 6 heteroatoms. The maximum Gasteiger partial charge on any atom is 0.303 e. The standard InChI is InChI=1S/C10H8O3S.C5H8O2/c11-14(12,13)10-7-3-5-8-4-1-2-6-9(8)10;1-2-3-4-5(6)7/h1-7H,(H,11,12,13);2H,1,3-4H2,(H,6,7). The van der Waals surface area contributed by atoms with Gasteiger partial charge in [-0.2, -0.15) is 8.42 Å². The second-order valence-corrected chi connectivity index (χ2v) is 5.56. The first-order valence-electron chi connectivity index (χ1n) is 6.14. The van der Waals surface area contributed by atoms with Gasteiger partial charge in [-0.15, -0.1) is 6.58 Å². The molecule has 0 radical (unpaired) electrons. The molecular formula is C15H16O5S. The highest BCUT2D eigenvalue weighted by molar-refractivity contribution is 7.86. The van der Waals surface area contributed by atoms with E-state index >= 15 is 0 Å². The lowest BCUT2D eigenvalue weighted by Crippen LogP contribution is -1.98. The average Bonchev–Trinajstić information content (AvgIpc) is 2.44. The summed E-state index contributed by atoms with van der Waals surface area (Å²) in [5.41, 5.74) is 0. The van der Waals surface area contributed by atoms with Gasteiger partial charge in [0.2, 0.25) is 0 Å². The summed E-state index contributed by atoms with van der Waals surface area (Å²) in [6, 6.07) is 11.8.